The number of aromatic nitrogens is 1. The van der Waals surface area contributed by atoms with Crippen molar-refractivity contribution in [2.45, 2.75) is 18.5 Å². The summed E-state index contributed by atoms with van der Waals surface area (Å²) in [6, 6.07) is 3.66. The number of para-hydroxylation sites is 1. The van der Waals surface area contributed by atoms with E-state index in [1.807, 2.05) is 4.90 Å². The summed E-state index contributed by atoms with van der Waals surface area (Å²) in [4.78, 5) is 5.06. The number of alkyl halides is 6. The molecule has 2 aromatic rings. The lowest BCUT2D eigenvalue weighted by atomic mass is 9.99. The maximum absolute atomic E-state index is 13.3. The predicted molar refractivity (Wildman–Crippen MR) is 86.0 cm³/mol. The van der Waals surface area contributed by atoms with Crippen LogP contribution in [0.2, 0.25) is 0 Å². The molecule has 1 aromatic carbocycles. The number of nitrogens with zero attached hydrogens (tertiary/aromatic N) is 2. The third kappa shape index (κ3) is 4.33. The van der Waals surface area contributed by atoms with Crippen LogP contribution < -0.4 is 5.32 Å². The largest absolute Gasteiger partial charge is 0.433 e. The van der Waals surface area contributed by atoms with Crippen molar-refractivity contribution in [1.29, 1.82) is 0 Å². The first-order valence-electron chi connectivity index (χ1n) is 8.26. The second-order valence-electron chi connectivity index (χ2n) is 6.36. The van der Waals surface area contributed by atoms with Crippen molar-refractivity contribution in [3.8, 4) is 0 Å². The van der Waals surface area contributed by atoms with Crippen LogP contribution in [0.15, 0.2) is 24.3 Å². The molecule has 0 amide bonds. The van der Waals surface area contributed by atoms with Crippen molar-refractivity contribution in [2.24, 2.45) is 0 Å². The van der Waals surface area contributed by atoms with E-state index in [0.29, 0.717) is 38.3 Å². The lowest BCUT2D eigenvalue weighted by Crippen LogP contribution is -2.45. The molecule has 0 saturated carbocycles. The van der Waals surface area contributed by atoms with Gasteiger partial charge in [-0.2, -0.15) is 26.3 Å². The molecule has 0 unspecified atom stereocenters. The number of β-amino-alcohol motifs (C(OH)–C–C–N with tert-alkyl or cyclic N) is 1. The number of piperazine rings is 1. The van der Waals surface area contributed by atoms with Crippen LogP contribution in [0.4, 0.5) is 26.3 Å². The Bertz CT molecular complexity index is 815. The molecule has 2 N–H and O–H groups in total. The molecule has 1 saturated heterocycles. The Labute approximate surface area is 150 Å². The van der Waals surface area contributed by atoms with Crippen molar-refractivity contribution < 1.29 is 31.4 Å². The third-order valence-electron chi connectivity index (χ3n) is 4.47. The van der Waals surface area contributed by atoms with E-state index in [1.54, 1.807) is 0 Å². The topological polar surface area (TPSA) is 48.4 Å². The smallest absolute Gasteiger partial charge is 0.387 e. The van der Waals surface area contributed by atoms with E-state index in [4.69, 9.17) is 0 Å². The quantitative estimate of drug-likeness (QED) is 0.787. The molecule has 1 atom stereocenters. The van der Waals surface area contributed by atoms with Crippen molar-refractivity contribution in [2.75, 3.05) is 32.7 Å². The second-order valence-corrected chi connectivity index (χ2v) is 6.36. The number of pyridine rings is 1. The van der Waals surface area contributed by atoms with Crippen LogP contribution in [0.5, 0.6) is 0 Å². The molecule has 148 valence electrons. The van der Waals surface area contributed by atoms with E-state index in [1.165, 1.54) is 6.07 Å². The molecular weight excluding hydrogens is 376 g/mol. The van der Waals surface area contributed by atoms with Crippen LogP contribution in [-0.2, 0) is 12.4 Å². The zero-order valence-corrected chi connectivity index (χ0v) is 14.0. The fourth-order valence-corrected chi connectivity index (χ4v) is 3.16. The zero-order chi connectivity index (χ0) is 19.8. The third-order valence-corrected chi connectivity index (χ3v) is 4.47. The Kier molecular flexibility index (Phi) is 5.33. The molecule has 2 heterocycles. The highest BCUT2D eigenvalue weighted by molar-refractivity contribution is 5.86. The van der Waals surface area contributed by atoms with Crippen molar-refractivity contribution in [3.63, 3.8) is 0 Å². The van der Waals surface area contributed by atoms with Crippen LogP contribution in [0, 0.1) is 0 Å². The average Bonchev–Trinajstić information content (AvgIpc) is 2.59. The maximum atomic E-state index is 13.3. The SMILES string of the molecule is O[C@@H](CN1CCNCC1)c1cc(C(F)(F)F)nc2c(C(F)(F)F)cccc12. The van der Waals surface area contributed by atoms with Crippen molar-refractivity contribution >= 4 is 10.9 Å². The summed E-state index contributed by atoms with van der Waals surface area (Å²) in [5.74, 6) is 0. The van der Waals surface area contributed by atoms with Gasteiger partial charge in [-0.25, -0.2) is 4.98 Å². The van der Waals surface area contributed by atoms with E-state index in [9.17, 15) is 31.4 Å². The van der Waals surface area contributed by atoms with Crippen LogP contribution in [0.1, 0.15) is 22.9 Å². The van der Waals surface area contributed by atoms with Gasteiger partial charge in [-0.05, 0) is 17.7 Å². The van der Waals surface area contributed by atoms with Gasteiger partial charge < -0.3 is 10.4 Å². The molecule has 4 nitrogen and oxygen atoms in total. The molecule has 1 aliphatic heterocycles. The molecule has 1 fully saturated rings. The van der Waals surface area contributed by atoms with Gasteiger partial charge in [0.25, 0.3) is 0 Å². The van der Waals surface area contributed by atoms with Gasteiger partial charge in [-0.15, -0.1) is 0 Å². The number of benzene rings is 1. The summed E-state index contributed by atoms with van der Waals surface area (Å²) in [6.45, 7) is 2.51. The number of halogens is 6. The molecule has 3 rings (SSSR count). The maximum Gasteiger partial charge on any atom is 0.433 e. The van der Waals surface area contributed by atoms with Crippen molar-refractivity contribution in [1.82, 2.24) is 15.2 Å². The predicted octanol–water partition coefficient (Wildman–Crippen LogP) is 3.21. The molecule has 0 spiro atoms. The van der Waals surface area contributed by atoms with Gasteiger partial charge in [-0.1, -0.05) is 12.1 Å². The molecule has 1 aliphatic rings. The second kappa shape index (κ2) is 7.25. The number of aliphatic hydroxyl groups excluding tert-OH is 1. The van der Waals surface area contributed by atoms with Gasteiger partial charge >= 0.3 is 12.4 Å². The minimum atomic E-state index is -4.93. The molecule has 0 aliphatic carbocycles. The monoisotopic (exact) mass is 393 g/mol. The molecular formula is C17H17F6N3O. The summed E-state index contributed by atoms with van der Waals surface area (Å²) in [6.07, 6.45) is -11.2. The highest BCUT2D eigenvalue weighted by atomic mass is 19.4. The first kappa shape index (κ1) is 19.8. The summed E-state index contributed by atoms with van der Waals surface area (Å²) in [5.41, 5.74) is -3.74. The summed E-state index contributed by atoms with van der Waals surface area (Å²) < 4.78 is 79.4. The van der Waals surface area contributed by atoms with E-state index < -0.39 is 35.2 Å². The van der Waals surface area contributed by atoms with Gasteiger partial charge in [0.1, 0.15) is 5.69 Å². The molecule has 10 heteroatoms. The molecule has 0 radical (unpaired) electrons. The Morgan fingerprint density at radius 1 is 1.07 bits per heavy atom. The minimum Gasteiger partial charge on any atom is -0.387 e. The Morgan fingerprint density at radius 2 is 1.74 bits per heavy atom. The van der Waals surface area contributed by atoms with Gasteiger partial charge in [0, 0.05) is 38.1 Å². The fourth-order valence-electron chi connectivity index (χ4n) is 3.16. The van der Waals surface area contributed by atoms with Crippen LogP contribution in [0.3, 0.4) is 0 Å². The Balaban J connectivity index is 2.12. The van der Waals surface area contributed by atoms with E-state index in [0.717, 1.165) is 6.07 Å². The van der Waals surface area contributed by atoms with Gasteiger partial charge in [-0.3, -0.25) is 4.90 Å². The minimum absolute atomic E-state index is 0.0222. The summed E-state index contributed by atoms with van der Waals surface area (Å²) >= 11 is 0. The van der Waals surface area contributed by atoms with Gasteiger partial charge in [0.15, 0.2) is 0 Å². The number of rotatable bonds is 3. The van der Waals surface area contributed by atoms with Crippen LogP contribution in [0.25, 0.3) is 10.9 Å². The summed E-state index contributed by atoms with van der Waals surface area (Å²) in [7, 11) is 0. The van der Waals surface area contributed by atoms with E-state index in [-0.39, 0.29) is 17.5 Å². The fraction of sp³-hybridized carbons (Fsp3) is 0.471. The van der Waals surface area contributed by atoms with Crippen LogP contribution in [-0.4, -0.2) is 47.7 Å². The van der Waals surface area contributed by atoms with E-state index in [2.05, 4.69) is 10.3 Å². The molecule has 27 heavy (non-hydrogen) atoms. The summed E-state index contributed by atoms with van der Waals surface area (Å²) in [5, 5.41) is 13.5. The highest BCUT2D eigenvalue weighted by Gasteiger charge is 2.38. The normalized spacial score (nSPS) is 18.0. The highest BCUT2D eigenvalue weighted by Crippen LogP contribution is 2.39. The molecule has 0 bridgehead atoms. The average molecular weight is 393 g/mol. The standard InChI is InChI=1S/C17H17F6N3O/c18-16(19,20)12-3-1-2-10-11(8-14(17(21,22)23)25-15(10)12)13(27)9-26-6-4-24-5-7-26/h1-3,8,13,24,27H,4-7,9H2/t13-/m0/s1. The van der Waals surface area contributed by atoms with Gasteiger partial charge in [0.05, 0.1) is 17.2 Å². The number of fused-ring (bicyclic) bond motifs is 1. The Morgan fingerprint density at radius 3 is 2.33 bits per heavy atom. The lowest BCUT2D eigenvalue weighted by molar-refractivity contribution is -0.142. The molecule has 1 aromatic heterocycles. The lowest BCUT2D eigenvalue weighted by Gasteiger charge is -2.29. The van der Waals surface area contributed by atoms with Gasteiger partial charge in [0.2, 0.25) is 0 Å². The first-order valence-corrected chi connectivity index (χ1v) is 8.26. The zero-order valence-electron chi connectivity index (χ0n) is 14.0. The number of aliphatic hydroxyl groups is 1. The van der Waals surface area contributed by atoms with Crippen molar-refractivity contribution in [3.05, 3.63) is 41.1 Å². The number of hydrogen-bond acceptors (Lipinski definition) is 4. The first-order chi connectivity index (χ1) is 12.6. The Hall–Kier alpha value is -1.91. The number of nitrogens with one attached hydrogen (secondary N) is 1. The van der Waals surface area contributed by atoms with E-state index >= 15 is 0 Å². The van der Waals surface area contributed by atoms with Crippen LogP contribution >= 0.6 is 0 Å². The number of hydrogen-bond donors (Lipinski definition) is 2.